The van der Waals surface area contributed by atoms with Crippen molar-refractivity contribution in [1.82, 2.24) is 5.32 Å². The van der Waals surface area contributed by atoms with Crippen LogP contribution in [0.5, 0.6) is 0 Å². The number of hydrogen-bond donors (Lipinski definition) is 2. The first-order chi connectivity index (χ1) is 16.6. The summed E-state index contributed by atoms with van der Waals surface area (Å²) < 4.78 is 10.5. The van der Waals surface area contributed by atoms with Crippen molar-refractivity contribution in [3.05, 3.63) is 0 Å². The molecule has 0 radical (unpaired) electrons. The van der Waals surface area contributed by atoms with Gasteiger partial charge >= 0.3 is 5.97 Å². The highest BCUT2D eigenvalue weighted by Gasteiger charge is 2.28. The second-order valence-electron chi connectivity index (χ2n) is 10.0. The van der Waals surface area contributed by atoms with Crippen molar-refractivity contribution in [2.45, 2.75) is 147 Å². The van der Waals surface area contributed by atoms with Crippen LogP contribution in [0.2, 0.25) is 0 Å². The van der Waals surface area contributed by atoms with Crippen molar-refractivity contribution < 1.29 is 24.2 Å². The lowest BCUT2D eigenvalue weighted by Crippen LogP contribution is -2.36. The number of carbonyl (C=O) groups is 2. The average molecular weight is 484 g/mol. The van der Waals surface area contributed by atoms with Gasteiger partial charge in [0.1, 0.15) is 18.8 Å². The van der Waals surface area contributed by atoms with E-state index >= 15 is 0 Å². The van der Waals surface area contributed by atoms with Gasteiger partial charge in [-0.1, -0.05) is 116 Å². The molecular formula is C28H53NO5. The summed E-state index contributed by atoms with van der Waals surface area (Å²) in [5, 5.41) is 12.4. The summed E-state index contributed by atoms with van der Waals surface area (Å²) in [4.78, 5) is 22.9. The van der Waals surface area contributed by atoms with Gasteiger partial charge in [-0.15, -0.1) is 0 Å². The first-order valence-electron chi connectivity index (χ1n) is 14.3. The summed E-state index contributed by atoms with van der Waals surface area (Å²) in [5.41, 5.74) is 0. The molecule has 1 fully saturated rings. The van der Waals surface area contributed by atoms with E-state index in [1.807, 2.05) is 0 Å². The van der Waals surface area contributed by atoms with Gasteiger partial charge in [0.25, 0.3) is 0 Å². The zero-order valence-corrected chi connectivity index (χ0v) is 22.0. The lowest BCUT2D eigenvalue weighted by Gasteiger charge is -2.14. The third kappa shape index (κ3) is 18.2. The molecule has 1 saturated heterocycles. The van der Waals surface area contributed by atoms with Crippen LogP contribution >= 0.6 is 0 Å². The molecule has 0 spiro atoms. The van der Waals surface area contributed by atoms with E-state index < -0.39 is 18.1 Å². The van der Waals surface area contributed by atoms with Crippen LogP contribution < -0.4 is 5.32 Å². The number of ether oxygens (including phenoxy) is 2. The largest absolute Gasteiger partial charge is 0.461 e. The van der Waals surface area contributed by atoms with Gasteiger partial charge in [-0.2, -0.15) is 0 Å². The Bertz CT molecular complexity index is 499. The Morgan fingerprint density at radius 3 is 1.74 bits per heavy atom. The van der Waals surface area contributed by atoms with Crippen LogP contribution in [-0.4, -0.2) is 48.9 Å². The van der Waals surface area contributed by atoms with Crippen LogP contribution in [0, 0.1) is 0 Å². The quantitative estimate of drug-likeness (QED) is 0.126. The Morgan fingerprint density at radius 2 is 1.29 bits per heavy atom. The number of esters is 1. The maximum atomic E-state index is 11.8. The number of aliphatic hydroxyl groups is 1. The Balaban J connectivity index is 1.73. The van der Waals surface area contributed by atoms with Crippen molar-refractivity contribution >= 4 is 11.9 Å². The first kappa shape index (κ1) is 30.9. The molecule has 2 unspecified atom stereocenters. The van der Waals surface area contributed by atoms with Crippen LogP contribution in [0.1, 0.15) is 135 Å². The van der Waals surface area contributed by atoms with E-state index in [0.717, 1.165) is 12.8 Å². The zero-order chi connectivity index (χ0) is 24.7. The molecule has 34 heavy (non-hydrogen) atoms. The van der Waals surface area contributed by atoms with Crippen molar-refractivity contribution in [3.8, 4) is 0 Å². The summed E-state index contributed by atoms with van der Waals surface area (Å²) in [6.07, 6.45) is 24.4. The van der Waals surface area contributed by atoms with Crippen molar-refractivity contribution in [2.24, 2.45) is 0 Å². The molecule has 2 atom stereocenters. The predicted octanol–water partition coefficient (Wildman–Crippen LogP) is 6.23. The summed E-state index contributed by atoms with van der Waals surface area (Å²) in [6, 6.07) is -0.569. The highest BCUT2D eigenvalue weighted by Crippen LogP contribution is 2.14. The van der Waals surface area contributed by atoms with Crippen molar-refractivity contribution in [2.75, 3.05) is 19.8 Å². The Morgan fingerprint density at radius 1 is 0.824 bits per heavy atom. The SMILES string of the molecule is CCCCCCCCCCCCCCCCCCCCOCC(O)COC(=O)C1CCC(=O)N1. The fourth-order valence-corrected chi connectivity index (χ4v) is 4.44. The van der Waals surface area contributed by atoms with Gasteiger partial charge in [0.2, 0.25) is 5.91 Å². The summed E-state index contributed by atoms with van der Waals surface area (Å²) in [5.74, 6) is -0.608. The lowest BCUT2D eigenvalue weighted by atomic mass is 10.0. The van der Waals surface area contributed by atoms with E-state index in [0.29, 0.717) is 19.4 Å². The van der Waals surface area contributed by atoms with Crippen LogP contribution in [0.3, 0.4) is 0 Å². The van der Waals surface area contributed by atoms with Crippen LogP contribution in [-0.2, 0) is 19.1 Å². The molecule has 0 aliphatic carbocycles. The molecule has 1 aliphatic heterocycles. The molecule has 1 aliphatic rings. The number of nitrogens with one attached hydrogen (secondary N) is 1. The number of aliphatic hydroxyl groups excluding tert-OH is 1. The van der Waals surface area contributed by atoms with Gasteiger partial charge in [0, 0.05) is 13.0 Å². The standard InChI is InChI=1S/C28H53NO5/c1-2-3-4-5-6-7-8-9-10-11-12-13-14-15-16-17-18-19-22-33-23-25(30)24-34-28(32)26-20-21-27(31)29-26/h25-26,30H,2-24H2,1H3,(H,29,31). The van der Waals surface area contributed by atoms with Crippen molar-refractivity contribution in [3.63, 3.8) is 0 Å². The molecule has 0 aromatic carbocycles. The van der Waals surface area contributed by atoms with Gasteiger partial charge in [-0.3, -0.25) is 4.79 Å². The number of amides is 1. The first-order valence-corrected chi connectivity index (χ1v) is 14.3. The smallest absolute Gasteiger partial charge is 0.328 e. The van der Waals surface area contributed by atoms with E-state index in [1.54, 1.807) is 0 Å². The summed E-state index contributed by atoms with van der Waals surface area (Å²) >= 11 is 0. The molecular weight excluding hydrogens is 430 g/mol. The minimum Gasteiger partial charge on any atom is -0.461 e. The van der Waals surface area contributed by atoms with E-state index in [-0.39, 0.29) is 19.1 Å². The molecule has 6 nitrogen and oxygen atoms in total. The van der Waals surface area contributed by atoms with Crippen molar-refractivity contribution in [1.29, 1.82) is 0 Å². The third-order valence-corrected chi connectivity index (χ3v) is 6.65. The number of hydrogen-bond acceptors (Lipinski definition) is 5. The normalized spacial score (nSPS) is 16.5. The fourth-order valence-electron chi connectivity index (χ4n) is 4.44. The molecule has 2 N–H and O–H groups in total. The molecule has 200 valence electrons. The lowest BCUT2D eigenvalue weighted by molar-refractivity contribution is -0.150. The van der Waals surface area contributed by atoms with Gasteiger partial charge < -0.3 is 19.9 Å². The minimum absolute atomic E-state index is 0.0929. The van der Waals surface area contributed by atoms with E-state index in [2.05, 4.69) is 12.2 Å². The van der Waals surface area contributed by atoms with Gasteiger partial charge in [0.15, 0.2) is 0 Å². The minimum atomic E-state index is -0.823. The average Bonchev–Trinajstić information content (AvgIpc) is 3.27. The van der Waals surface area contributed by atoms with Crippen LogP contribution in [0.4, 0.5) is 0 Å². The molecule has 1 rings (SSSR count). The Kier molecular flexibility index (Phi) is 20.3. The van der Waals surface area contributed by atoms with Gasteiger partial charge in [-0.05, 0) is 12.8 Å². The van der Waals surface area contributed by atoms with Crippen LogP contribution in [0.15, 0.2) is 0 Å². The Labute approximate surface area is 208 Å². The molecule has 0 aromatic rings. The number of carbonyl (C=O) groups excluding carboxylic acids is 2. The van der Waals surface area contributed by atoms with Gasteiger partial charge in [-0.25, -0.2) is 4.79 Å². The third-order valence-electron chi connectivity index (χ3n) is 6.65. The fraction of sp³-hybridized carbons (Fsp3) is 0.929. The number of unbranched alkanes of at least 4 members (excludes halogenated alkanes) is 17. The van der Waals surface area contributed by atoms with E-state index in [9.17, 15) is 14.7 Å². The van der Waals surface area contributed by atoms with Crippen LogP contribution in [0.25, 0.3) is 0 Å². The summed E-state index contributed by atoms with van der Waals surface area (Å²) in [6.45, 7) is 2.98. The molecule has 0 bridgehead atoms. The molecule has 0 saturated carbocycles. The van der Waals surface area contributed by atoms with E-state index in [4.69, 9.17) is 9.47 Å². The second kappa shape index (κ2) is 22.3. The second-order valence-corrected chi connectivity index (χ2v) is 10.0. The zero-order valence-electron chi connectivity index (χ0n) is 22.0. The highest BCUT2D eigenvalue weighted by molar-refractivity contribution is 5.88. The molecule has 0 aromatic heterocycles. The molecule has 1 amide bonds. The number of rotatable bonds is 24. The maximum Gasteiger partial charge on any atom is 0.328 e. The van der Waals surface area contributed by atoms with E-state index in [1.165, 1.54) is 103 Å². The summed E-state index contributed by atoms with van der Waals surface area (Å²) in [7, 11) is 0. The maximum absolute atomic E-state index is 11.8. The topological polar surface area (TPSA) is 84.9 Å². The molecule has 1 heterocycles. The predicted molar refractivity (Wildman–Crippen MR) is 138 cm³/mol. The molecule has 6 heteroatoms. The monoisotopic (exact) mass is 483 g/mol. The highest BCUT2D eigenvalue weighted by atomic mass is 16.5. The van der Waals surface area contributed by atoms with Gasteiger partial charge in [0.05, 0.1) is 6.61 Å². The Hall–Kier alpha value is -1.14.